The molecule has 3 N–H and O–H groups in total. The quantitative estimate of drug-likeness (QED) is 0.298. The molecule has 9 nitrogen and oxygen atoms in total. The molecule has 1 aromatic heterocycles. The van der Waals surface area contributed by atoms with E-state index in [1.54, 1.807) is 30.3 Å². The van der Waals surface area contributed by atoms with Gasteiger partial charge in [-0.1, -0.05) is 41.4 Å². The van der Waals surface area contributed by atoms with Crippen LogP contribution in [0.1, 0.15) is 15.9 Å². The van der Waals surface area contributed by atoms with Crippen molar-refractivity contribution >= 4 is 73.6 Å². The summed E-state index contributed by atoms with van der Waals surface area (Å²) in [4.78, 5) is 24.8. The molecule has 0 radical (unpaired) electrons. The molecule has 4 rings (SSSR count). The zero-order chi connectivity index (χ0) is 25.2. The van der Waals surface area contributed by atoms with Gasteiger partial charge in [-0.15, -0.1) is 0 Å². The van der Waals surface area contributed by atoms with Gasteiger partial charge < -0.3 is 10.4 Å². The number of nitrogens with zero attached hydrogens (tertiary/aromatic N) is 2. The highest BCUT2D eigenvalue weighted by atomic mass is 35.5. The Morgan fingerprint density at radius 1 is 1.00 bits per heavy atom. The minimum Gasteiger partial charge on any atom is -0.480 e. The molecular formula is C22H16Cl2N4O5S2. The average molecular weight is 551 g/mol. The molecule has 35 heavy (non-hydrogen) atoms. The summed E-state index contributed by atoms with van der Waals surface area (Å²) in [6.07, 6.45) is -0.0152. The molecule has 1 heterocycles. The molecule has 0 fully saturated rings. The number of fused-ring (bicyclic) bond motifs is 1. The molecule has 0 saturated heterocycles. The Kier molecular flexibility index (Phi) is 7.22. The van der Waals surface area contributed by atoms with Gasteiger partial charge in [-0.25, -0.2) is 13.2 Å². The van der Waals surface area contributed by atoms with Gasteiger partial charge in [-0.3, -0.25) is 9.52 Å². The summed E-state index contributed by atoms with van der Waals surface area (Å²) in [7, 11) is -4.17. The van der Waals surface area contributed by atoms with E-state index in [2.05, 4.69) is 18.8 Å². The van der Waals surface area contributed by atoms with Gasteiger partial charge in [0.2, 0.25) is 0 Å². The van der Waals surface area contributed by atoms with Crippen LogP contribution in [0.15, 0.2) is 65.6 Å². The van der Waals surface area contributed by atoms with E-state index < -0.39 is 27.9 Å². The van der Waals surface area contributed by atoms with E-state index in [0.29, 0.717) is 16.1 Å². The number of rotatable bonds is 8. The molecule has 3 aromatic carbocycles. The van der Waals surface area contributed by atoms with Crippen molar-refractivity contribution in [1.29, 1.82) is 0 Å². The third-order valence-electron chi connectivity index (χ3n) is 4.97. The van der Waals surface area contributed by atoms with E-state index >= 15 is 0 Å². The van der Waals surface area contributed by atoms with Crippen molar-refractivity contribution in [3.63, 3.8) is 0 Å². The van der Waals surface area contributed by atoms with Gasteiger partial charge in [-0.05, 0) is 48.0 Å². The SMILES string of the molecule is O=C(N[C@H](Cc1ccc(Cl)cc1)C(=O)O)c1cc(Cl)ccc1NS(=O)(=O)c1cccc2nsnc12. The van der Waals surface area contributed by atoms with Crippen LogP contribution in [-0.4, -0.2) is 40.2 Å². The van der Waals surface area contributed by atoms with Crippen LogP contribution in [0.2, 0.25) is 10.0 Å². The van der Waals surface area contributed by atoms with Crippen LogP contribution in [0.4, 0.5) is 5.69 Å². The van der Waals surface area contributed by atoms with Crippen LogP contribution in [0.25, 0.3) is 11.0 Å². The van der Waals surface area contributed by atoms with Gasteiger partial charge in [0.1, 0.15) is 22.0 Å². The highest BCUT2D eigenvalue weighted by Gasteiger charge is 2.26. The van der Waals surface area contributed by atoms with Crippen molar-refractivity contribution in [2.45, 2.75) is 17.4 Å². The Labute approximate surface area is 214 Å². The predicted octanol–water partition coefficient (Wildman–Crippen LogP) is 4.22. The summed E-state index contributed by atoms with van der Waals surface area (Å²) < 4.78 is 36.7. The normalized spacial score (nSPS) is 12.3. The summed E-state index contributed by atoms with van der Waals surface area (Å²) in [6.45, 7) is 0. The fourth-order valence-corrected chi connectivity index (χ4v) is 5.43. The van der Waals surface area contributed by atoms with Gasteiger partial charge in [0, 0.05) is 16.5 Å². The van der Waals surface area contributed by atoms with Crippen molar-refractivity contribution in [1.82, 2.24) is 14.1 Å². The van der Waals surface area contributed by atoms with Crippen molar-refractivity contribution in [2.24, 2.45) is 0 Å². The lowest BCUT2D eigenvalue weighted by atomic mass is 10.1. The van der Waals surface area contributed by atoms with E-state index in [-0.39, 0.29) is 33.1 Å². The van der Waals surface area contributed by atoms with Crippen molar-refractivity contribution in [2.75, 3.05) is 4.72 Å². The maximum atomic E-state index is 13.1. The van der Waals surface area contributed by atoms with E-state index in [1.165, 1.54) is 30.3 Å². The second kappa shape index (κ2) is 10.2. The van der Waals surface area contributed by atoms with Crippen molar-refractivity contribution in [3.8, 4) is 0 Å². The van der Waals surface area contributed by atoms with Gasteiger partial charge in [0.15, 0.2) is 0 Å². The fourth-order valence-electron chi connectivity index (χ4n) is 3.28. The molecule has 4 aromatic rings. The molecule has 0 unspecified atom stereocenters. The predicted molar refractivity (Wildman–Crippen MR) is 134 cm³/mol. The number of carboxylic acids is 1. The highest BCUT2D eigenvalue weighted by Crippen LogP contribution is 2.27. The van der Waals surface area contributed by atoms with Gasteiger partial charge in [0.05, 0.1) is 23.0 Å². The number of sulfonamides is 1. The summed E-state index contributed by atoms with van der Waals surface area (Å²) in [5.41, 5.74) is 1.02. The smallest absolute Gasteiger partial charge is 0.326 e. The molecule has 0 aliphatic heterocycles. The number of carbonyl (C=O) groups excluding carboxylic acids is 1. The lowest BCUT2D eigenvalue weighted by molar-refractivity contribution is -0.139. The molecule has 0 saturated carbocycles. The molecule has 1 atom stereocenters. The number of aliphatic carboxylic acids is 1. The second-order valence-corrected chi connectivity index (χ2v) is 10.4. The summed E-state index contributed by atoms with van der Waals surface area (Å²) in [5.74, 6) is -2.08. The Morgan fingerprint density at radius 2 is 1.71 bits per heavy atom. The lowest BCUT2D eigenvalue weighted by Crippen LogP contribution is -2.42. The Morgan fingerprint density at radius 3 is 2.43 bits per heavy atom. The molecule has 1 amide bonds. The average Bonchev–Trinajstić information content (AvgIpc) is 3.29. The first-order valence-corrected chi connectivity index (χ1v) is 12.9. The monoisotopic (exact) mass is 550 g/mol. The topological polar surface area (TPSA) is 138 Å². The summed E-state index contributed by atoms with van der Waals surface area (Å²) in [5, 5.41) is 12.7. The van der Waals surface area contributed by atoms with Gasteiger partial charge >= 0.3 is 5.97 Å². The van der Waals surface area contributed by atoms with Crippen LogP contribution in [0.5, 0.6) is 0 Å². The maximum Gasteiger partial charge on any atom is 0.326 e. The number of nitrogens with one attached hydrogen (secondary N) is 2. The first kappa shape index (κ1) is 24.9. The van der Waals surface area contributed by atoms with E-state index in [9.17, 15) is 23.1 Å². The third kappa shape index (κ3) is 5.70. The van der Waals surface area contributed by atoms with Gasteiger partial charge in [-0.2, -0.15) is 8.75 Å². The van der Waals surface area contributed by atoms with E-state index in [4.69, 9.17) is 23.2 Å². The zero-order valence-corrected chi connectivity index (χ0v) is 20.7. The molecule has 13 heteroatoms. The number of anilines is 1. The van der Waals surface area contributed by atoms with Crippen LogP contribution in [0.3, 0.4) is 0 Å². The van der Waals surface area contributed by atoms with E-state index in [1.807, 2.05) is 0 Å². The molecule has 0 bridgehead atoms. The molecule has 0 aliphatic carbocycles. The molecule has 0 aliphatic rings. The number of hydrogen-bond acceptors (Lipinski definition) is 7. The van der Waals surface area contributed by atoms with Crippen LogP contribution in [-0.2, 0) is 21.2 Å². The summed E-state index contributed by atoms with van der Waals surface area (Å²) >= 11 is 12.8. The summed E-state index contributed by atoms with van der Waals surface area (Å²) in [6, 6.07) is 13.7. The molecule has 0 spiro atoms. The van der Waals surface area contributed by atoms with E-state index in [0.717, 1.165) is 11.7 Å². The third-order valence-corrected chi connectivity index (χ3v) is 7.39. The number of amides is 1. The van der Waals surface area contributed by atoms with Gasteiger partial charge in [0.25, 0.3) is 15.9 Å². The highest BCUT2D eigenvalue weighted by molar-refractivity contribution is 7.93. The largest absolute Gasteiger partial charge is 0.480 e. The maximum absolute atomic E-state index is 13.1. The molecule has 180 valence electrons. The number of carbonyl (C=O) groups is 2. The Hall–Kier alpha value is -3.25. The van der Waals surface area contributed by atoms with Crippen molar-refractivity contribution < 1.29 is 23.1 Å². The first-order chi connectivity index (χ1) is 16.6. The minimum absolute atomic E-state index is 0.0152. The first-order valence-electron chi connectivity index (χ1n) is 9.96. The van der Waals surface area contributed by atoms with Crippen LogP contribution < -0.4 is 10.0 Å². The Balaban J connectivity index is 1.62. The number of halogens is 2. The van der Waals surface area contributed by atoms with Crippen LogP contribution in [0, 0.1) is 0 Å². The number of aromatic nitrogens is 2. The minimum atomic E-state index is -4.17. The second-order valence-electron chi connectivity index (χ2n) is 7.38. The molecular weight excluding hydrogens is 535 g/mol. The Bertz CT molecular complexity index is 1520. The fraction of sp³-hybridized carbons (Fsp3) is 0.0909. The number of hydrogen-bond donors (Lipinski definition) is 3. The lowest BCUT2D eigenvalue weighted by Gasteiger charge is -2.17. The van der Waals surface area contributed by atoms with Crippen molar-refractivity contribution in [3.05, 3.63) is 81.8 Å². The number of benzene rings is 3. The zero-order valence-electron chi connectivity index (χ0n) is 17.6. The standard InChI is InChI=1S/C22H16Cl2N4O5S2/c23-13-6-4-12(5-7-13)10-18(22(30)31)25-21(29)15-11-14(24)8-9-16(15)28-35(32,33)19-3-1-2-17-20(19)27-34-26-17/h1-9,11,18,28H,10H2,(H,25,29)(H,30,31)/t18-/m1/s1. The van der Waals surface area contributed by atoms with Crippen LogP contribution >= 0.6 is 34.9 Å². The number of carboxylic acid groups (broad SMARTS) is 1.